The van der Waals surface area contributed by atoms with Crippen molar-refractivity contribution in [2.75, 3.05) is 18.9 Å². The molecular weight excluding hydrogens is 216 g/mol. The van der Waals surface area contributed by atoms with Gasteiger partial charge in [0, 0.05) is 36.5 Å². The molecule has 0 radical (unpaired) electrons. The zero-order valence-electron chi connectivity index (χ0n) is 9.89. The number of anilines is 1. The standard InChI is InChI=1S/C12H16N4O/c1-8-7-14-16-11(13)6-10(15-12(8)16)9-2-4-17-5-3-9/h6-7,9H,2-5,13H2,1H3. The van der Waals surface area contributed by atoms with Crippen molar-refractivity contribution in [1.29, 1.82) is 0 Å². The van der Waals surface area contributed by atoms with Crippen LogP contribution in [0.1, 0.15) is 30.0 Å². The molecule has 17 heavy (non-hydrogen) atoms. The molecule has 2 aromatic rings. The molecule has 1 fully saturated rings. The number of nitrogen functional groups attached to an aromatic ring is 1. The van der Waals surface area contributed by atoms with E-state index >= 15 is 0 Å². The Balaban J connectivity index is 2.07. The molecule has 2 N–H and O–H groups in total. The van der Waals surface area contributed by atoms with Crippen molar-refractivity contribution in [2.45, 2.75) is 25.7 Å². The number of hydrogen-bond acceptors (Lipinski definition) is 4. The van der Waals surface area contributed by atoms with Crippen LogP contribution in [0.3, 0.4) is 0 Å². The highest BCUT2D eigenvalue weighted by Crippen LogP contribution is 2.27. The van der Waals surface area contributed by atoms with Gasteiger partial charge in [-0.2, -0.15) is 9.61 Å². The largest absolute Gasteiger partial charge is 0.384 e. The molecular formula is C12H16N4O. The van der Waals surface area contributed by atoms with Crippen LogP contribution in [0.2, 0.25) is 0 Å². The summed E-state index contributed by atoms with van der Waals surface area (Å²) in [5.74, 6) is 1.12. The monoisotopic (exact) mass is 232 g/mol. The number of rotatable bonds is 1. The van der Waals surface area contributed by atoms with Crippen molar-refractivity contribution < 1.29 is 4.74 Å². The summed E-state index contributed by atoms with van der Waals surface area (Å²) in [6.45, 7) is 3.63. The van der Waals surface area contributed by atoms with E-state index in [1.54, 1.807) is 10.7 Å². The van der Waals surface area contributed by atoms with Crippen LogP contribution in [-0.2, 0) is 4.74 Å². The summed E-state index contributed by atoms with van der Waals surface area (Å²) in [6, 6.07) is 1.94. The lowest BCUT2D eigenvalue weighted by molar-refractivity contribution is 0.0845. The molecule has 0 spiro atoms. The van der Waals surface area contributed by atoms with E-state index in [9.17, 15) is 0 Å². The van der Waals surface area contributed by atoms with Gasteiger partial charge in [-0.15, -0.1) is 0 Å². The summed E-state index contributed by atoms with van der Waals surface area (Å²) in [7, 11) is 0. The Bertz CT molecular complexity index is 543. The van der Waals surface area contributed by atoms with Crippen molar-refractivity contribution in [2.24, 2.45) is 0 Å². The van der Waals surface area contributed by atoms with Gasteiger partial charge in [-0.05, 0) is 19.8 Å². The molecule has 3 rings (SSSR count). The molecule has 90 valence electrons. The smallest absolute Gasteiger partial charge is 0.160 e. The number of aromatic nitrogens is 3. The highest BCUT2D eigenvalue weighted by Gasteiger charge is 2.19. The number of fused-ring (bicyclic) bond motifs is 1. The Morgan fingerprint density at radius 3 is 2.94 bits per heavy atom. The van der Waals surface area contributed by atoms with Crippen molar-refractivity contribution in [3.05, 3.63) is 23.5 Å². The molecule has 1 aliphatic rings. The fourth-order valence-electron chi connectivity index (χ4n) is 2.32. The Kier molecular flexibility index (Phi) is 2.48. The van der Waals surface area contributed by atoms with Gasteiger partial charge in [0.2, 0.25) is 0 Å². The van der Waals surface area contributed by atoms with Crippen LogP contribution < -0.4 is 5.73 Å². The third-order valence-electron chi connectivity index (χ3n) is 3.34. The lowest BCUT2D eigenvalue weighted by atomic mass is 9.96. The number of hydrogen-bond donors (Lipinski definition) is 1. The molecule has 0 saturated carbocycles. The van der Waals surface area contributed by atoms with Gasteiger partial charge in [0.1, 0.15) is 5.82 Å². The number of nitrogens with zero attached hydrogens (tertiary/aromatic N) is 3. The zero-order valence-corrected chi connectivity index (χ0v) is 9.89. The van der Waals surface area contributed by atoms with Gasteiger partial charge < -0.3 is 10.5 Å². The van der Waals surface area contributed by atoms with Gasteiger partial charge in [0.15, 0.2) is 5.65 Å². The van der Waals surface area contributed by atoms with E-state index in [1.165, 1.54) is 0 Å². The Morgan fingerprint density at radius 1 is 1.41 bits per heavy atom. The number of aryl methyl sites for hydroxylation is 1. The van der Waals surface area contributed by atoms with Crippen LogP contribution in [0.5, 0.6) is 0 Å². The van der Waals surface area contributed by atoms with E-state index < -0.39 is 0 Å². The molecule has 0 aliphatic carbocycles. The molecule has 0 aromatic carbocycles. The highest BCUT2D eigenvalue weighted by atomic mass is 16.5. The lowest BCUT2D eigenvalue weighted by Gasteiger charge is -2.21. The van der Waals surface area contributed by atoms with E-state index in [2.05, 4.69) is 10.1 Å². The van der Waals surface area contributed by atoms with Crippen molar-refractivity contribution >= 4 is 11.5 Å². The van der Waals surface area contributed by atoms with Gasteiger partial charge in [-0.25, -0.2) is 4.98 Å². The van der Waals surface area contributed by atoms with Crippen LogP contribution in [0.4, 0.5) is 5.82 Å². The number of nitrogens with two attached hydrogens (primary N) is 1. The SMILES string of the molecule is Cc1cnn2c(N)cc(C3CCOCC3)nc12. The predicted molar refractivity (Wildman–Crippen MR) is 64.9 cm³/mol. The maximum Gasteiger partial charge on any atom is 0.160 e. The molecule has 0 atom stereocenters. The summed E-state index contributed by atoms with van der Waals surface area (Å²) in [5.41, 5.74) is 9.01. The maximum absolute atomic E-state index is 6.01. The van der Waals surface area contributed by atoms with Crippen LogP contribution >= 0.6 is 0 Å². The average molecular weight is 232 g/mol. The second kappa shape index (κ2) is 4.00. The van der Waals surface area contributed by atoms with Crippen LogP contribution in [-0.4, -0.2) is 27.8 Å². The highest BCUT2D eigenvalue weighted by molar-refractivity contribution is 5.52. The molecule has 3 heterocycles. The molecule has 1 aliphatic heterocycles. The third kappa shape index (κ3) is 1.76. The van der Waals surface area contributed by atoms with E-state index in [4.69, 9.17) is 10.5 Å². The Hall–Kier alpha value is -1.62. The molecule has 2 aromatic heterocycles. The van der Waals surface area contributed by atoms with Gasteiger partial charge in [-0.3, -0.25) is 0 Å². The third-order valence-corrected chi connectivity index (χ3v) is 3.34. The minimum atomic E-state index is 0.463. The molecule has 0 amide bonds. The first-order valence-electron chi connectivity index (χ1n) is 5.94. The fraction of sp³-hybridized carbons (Fsp3) is 0.500. The van der Waals surface area contributed by atoms with E-state index in [0.717, 1.165) is 43.0 Å². The Labute approximate surface area is 99.6 Å². The second-order valence-electron chi connectivity index (χ2n) is 4.56. The van der Waals surface area contributed by atoms with Crippen molar-refractivity contribution in [3.63, 3.8) is 0 Å². The maximum atomic E-state index is 6.01. The van der Waals surface area contributed by atoms with E-state index in [0.29, 0.717) is 11.7 Å². The first-order chi connectivity index (χ1) is 8.25. The summed E-state index contributed by atoms with van der Waals surface area (Å²) in [6.07, 6.45) is 3.85. The lowest BCUT2D eigenvalue weighted by Crippen LogP contribution is -2.16. The van der Waals surface area contributed by atoms with Gasteiger partial charge >= 0.3 is 0 Å². The van der Waals surface area contributed by atoms with Crippen LogP contribution in [0, 0.1) is 6.92 Å². The molecule has 0 bridgehead atoms. The summed E-state index contributed by atoms with van der Waals surface area (Å²) < 4.78 is 7.06. The molecule has 1 saturated heterocycles. The van der Waals surface area contributed by atoms with Crippen LogP contribution in [0.15, 0.2) is 12.3 Å². The minimum absolute atomic E-state index is 0.463. The van der Waals surface area contributed by atoms with Crippen molar-refractivity contribution in [3.8, 4) is 0 Å². The quantitative estimate of drug-likeness (QED) is 0.809. The molecule has 5 nitrogen and oxygen atoms in total. The zero-order chi connectivity index (χ0) is 11.8. The second-order valence-corrected chi connectivity index (χ2v) is 4.56. The Morgan fingerprint density at radius 2 is 2.18 bits per heavy atom. The minimum Gasteiger partial charge on any atom is -0.384 e. The fourth-order valence-corrected chi connectivity index (χ4v) is 2.32. The normalized spacial score (nSPS) is 17.7. The first-order valence-corrected chi connectivity index (χ1v) is 5.94. The molecule has 0 unspecified atom stereocenters. The topological polar surface area (TPSA) is 65.4 Å². The van der Waals surface area contributed by atoms with Gasteiger partial charge in [0.05, 0.1) is 6.20 Å². The van der Waals surface area contributed by atoms with Gasteiger partial charge in [0.25, 0.3) is 0 Å². The number of ether oxygens (including phenoxy) is 1. The van der Waals surface area contributed by atoms with E-state index in [-0.39, 0.29) is 0 Å². The van der Waals surface area contributed by atoms with Crippen LogP contribution in [0.25, 0.3) is 5.65 Å². The summed E-state index contributed by atoms with van der Waals surface area (Å²) in [4.78, 5) is 4.68. The van der Waals surface area contributed by atoms with Gasteiger partial charge in [-0.1, -0.05) is 0 Å². The van der Waals surface area contributed by atoms with E-state index in [1.807, 2.05) is 13.0 Å². The average Bonchev–Trinajstić information content (AvgIpc) is 2.73. The predicted octanol–water partition coefficient (Wildman–Crippen LogP) is 1.51. The first kappa shape index (κ1) is 10.5. The summed E-state index contributed by atoms with van der Waals surface area (Å²) in [5, 5.41) is 4.21. The summed E-state index contributed by atoms with van der Waals surface area (Å²) >= 11 is 0. The van der Waals surface area contributed by atoms with Crippen molar-refractivity contribution in [1.82, 2.24) is 14.6 Å². The molecule has 5 heteroatoms.